The fourth-order valence-electron chi connectivity index (χ4n) is 2.68. The molecule has 1 amide bonds. The third kappa shape index (κ3) is 3.64. The van der Waals surface area contributed by atoms with Crippen LogP contribution in [0.5, 0.6) is 0 Å². The molecule has 6 nitrogen and oxygen atoms in total. The van der Waals surface area contributed by atoms with Gasteiger partial charge in [-0.3, -0.25) is 4.79 Å². The Labute approximate surface area is 140 Å². The van der Waals surface area contributed by atoms with E-state index in [-0.39, 0.29) is 12.5 Å². The summed E-state index contributed by atoms with van der Waals surface area (Å²) in [6.45, 7) is 4.65. The van der Waals surface area contributed by atoms with Gasteiger partial charge in [-0.15, -0.1) is 0 Å². The van der Waals surface area contributed by atoms with Crippen LogP contribution in [0.1, 0.15) is 19.8 Å². The zero-order valence-electron chi connectivity index (χ0n) is 13.0. The molecule has 1 fully saturated rings. The van der Waals surface area contributed by atoms with Gasteiger partial charge in [0.2, 0.25) is 11.7 Å². The van der Waals surface area contributed by atoms with Gasteiger partial charge in [-0.1, -0.05) is 35.8 Å². The zero-order valence-corrected chi connectivity index (χ0v) is 13.8. The molecule has 0 unspecified atom stereocenters. The molecule has 0 atom stereocenters. The molecule has 2 heterocycles. The highest BCUT2D eigenvalue weighted by molar-refractivity contribution is 6.30. The van der Waals surface area contributed by atoms with Gasteiger partial charge in [-0.2, -0.15) is 4.98 Å². The van der Waals surface area contributed by atoms with Crippen LogP contribution in [-0.2, 0) is 4.79 Å². The number of rotatable bonds is 4. The van der Waals surface area contributed by atoms with Gasteiger partial charge < -0.3 is 14.3 Å². The average molecular weight is 335 g/mol. The number of carbonyl (C=O) groups excluding carboxylic acids is 1. The predicted octanol–water partition coefficient (Wildman–Crippen LogP) is 2.84. The average Bonchev–Trinajstić information content (AvgIpc) is 2.95. The van der Waals surface area contributed by atoms with Crippen LogP contribution in [0.4, 0.5) is 6.01 Å². The van der Waals surface area contributed by atoms with Gasteiger partial charge in [-0.25, -0.2) is 0 Å². The zero-order chi connectivity index (χ0) is 16.2. The minimum absolute atomic E-state index is 0.104. The number of nitrogens with zero attached hydrogens (tertiary/aromatic N) is 4. The van der Waals surface area contributed by atoms with Crippen LogP contribution in [-0.4, -0.2) is 47.1 Å². The van der Waals surface area contributed by atoms with Crippen LogP contribution in [0.15, 0.2) is 28.8 Å². The maximum atomic E-state index is 12.3. The fraction of sp³-hybridized carbons (Fsp3) is 0.438. The highest BCUT2D eigenvalue weighted by atomic mass is 35.5. The Morgan fingerprint density at radius 3 is 3.00 bits per heavy atom. The van der Waals surface area contributed by atoms with Crippen molar-refractivity contribution in [3.05, 3.63) is 29.3 Å². The summed E-state index contributed by atoms with van der Waals surface area (Å²) < 4.78 is 5.35. The van der Waals surface area contributed by atoms with E-state index >= 15 is 0 Å². The number of anilines is 1. The summed E-state index contributed by atoms with van der Waals surface area (Å²) in [6, 6.07) is 7.67. The van der Waals surface area contributed by atoms with E-state index in [1.165, 1.54) is 0 Å². The van der Waals surface area contributed by atoms with E-state index in [4.69, 9.17) is 16.1 Å². The number of hydrogen-bond acceptors (Lipinski definition) is 5. The van der Waals surface area contributed by atoms with Crippen molar-refractivity contribution in [3.63, 3.8) is 0 Å². The molecule has 0 spiro atoms. The van der Waals surface area contributed by atoms with Gasteiger partial charge in [0, 0.05) is 30.2 Å². The highest BCUT2D eigenvalue weighted by Crippen LogP contribution is 2.23. The molecule has 1 aromatic heterocycles. The number of halogens is 1. The van der Waals surface area contributed by atoms with E-state index in [9.17, 15) is 4.79 Å². The Kier molecular flexibility index (Phi) is 4.81. The molecule has 0 bridgehead atoms. The minimum atomic E-state index is 0.104. The number of carbonyl (C=O) groups is 1. The number of aromatic nitrogens is 2. The smallest absolute Gasteiger partial charge is 0.324 e. The van der Waals surface area contributed by atoms with Gasteiger partial charge in [-0.05, 0) is 25.0 Å². The van der Waals surface area contributed by atoms with E-state index in [2.05, 4.69) is 17.1 Å². The Bertz CT molecular complexity index is 688. The molecule has 0 aliphatic carbocycles. The standard InChI is InChI=1S/C16H19ClN4O2/c1-2-7-20-8-4-9-21(11-14(20)22)16-18-15(19-23-16)12-5-3-6-13(17)10-12/h3,5-6,10H,2,4,7-9,11H2,1H3. The maximum absolute atomic E-state index is 12.3. The molecule has 3 rings (SSSR count). The summed E-state index contributed by atoms with van der Waals surface area (Å²) in [7, 11) is 0. The van der Waals surface area contributed by atoms with Crippen LogP contribution in [0.3, 0.4) is 0 Å². The third-order valence-corrected chi connectivity index (χ3v) is 4.03. The van der Waals surface area contributed by atoms with Gasteiger partial charge in [0.05, 0.1) is 0 Å². The second-order valence-corrected chi connectivity index (χ2v) is 6.00. The van der Waals surface area contributed by atoms with E-state index < -0.39 is 0 Å². The van der Waals surface area contributed by atoms with Crippen LogP contribution >= 0.6 is 11.6 Å². The normalized spacial score (nSPS) is 15.8. The molecule has 122 valence electrons. The lowest BCUT2D eigenvalue weighted by Gasteiger charge is -2.19. The molecule has 1 aliphatic rings. The van der Waals surface area contributed by atoms with Gasteiger partial charge in [0.15, 0.2) is 0 Å². The number of hydrogen-bond donors (Lipinski definition) is 0. The molecular formula is C16H19ClN4O2. The van der Waals surface area contributed by atoms with Gasteiger partial charge in [0.1, 0.15) is 6.54 Å². The molecule has 23 heavy (non-hydrogen) atoms. The summed E-state index contributed by atoms with van der Waals surface area (Å²) in [5.41, 5.74) is 0.793. The van der Waals surface area contributed by atoms with Crippen LogP contribution in [0, 0.1) is 0 Å². The summed E-state index contributed by atoms with van der Waals surface area (Å²) in [5.74, 6) is 0.580. The van der Waals surface area contributed by atoms with Crippen molar-refractivity contribution in [2.45, 2.75) is 19.8 Å². The molecule has 2 aromatic rings. The van der Waals surface area contributed by atoms with Crippen molar-refractivity contribution >= 4 is 23.5 Å². The monoisotopic (exact) mass is 334 g/mol. The second-order valence-electron chi connectivity index (χ2n) is 5.57. The molecule has 0 N–H and O–H groups in total. The van der Waals surface area contributed by atoms with Crippen molar-refractivity contribution in [2.24, 2.45) is 0 Å². The van der Waals surface area contributed by atoms with Crippen LogP contribution in [0.2, 0.25) is 5.02 Å². The first-order valence-electron chi connectivity index (χ1n) is 7.79. The number of amides is 1. The molecule has 1 aliphatic heterocycles. The lowest BCUT2D eigenvalue weighted by Crippen LogP contribution is -2.37. The van der Waals surface area contributed by atoms with E-state index in [1.807, 2.05) is 21.9 Å². The first-order valence-corrected chi connectivity index (χ1v) is 8.17. The third-order valence-electron chi connectivity index (χ3n) is 3.80. The summed E-state index contributed by atoms with van der Waals surface area (Å²) in [4.78, 5) is 20.4. The van der Waals surface area contributed by atoms with Crippen molar-refractivity contribution in [2.75, 3.05) is 31.1 Å². The lowest BCUT2D eigenvalue weighted by molar-refractivity contribution is -0.129. The maximum Gasteiger partial charge on any atom is 0.324 e. The summed E-state index contributed by atoms with van der Waals surface area (Å²) in [5, 5.41) is 4.62. The predicted molar refractivity (Wildman–Crippen MR) is 88.4 cm³/mol. The fourth-order valence-corrected chi connectivity index (χ4v) is 2.87. The van der Waals surface area contributed by atoms with E-state index in [1.54, 1.807) is 12.1 Å². The molecule has 1 saturated heterocycles. The largest absolute Gasteiger partial charge is 0.341 e. The first-order chi connectivity index (χ1) is 11.2. The molecule has 7 heteroatoms. The molecule has 0 radical (unpaired) electrons. The summed E-state index contributed by atoms with van der Waals surface area (Å²) in [6.07, 6.45) is 1.85. The van der Waals surface area contributed by atoms with Crippen LogP contribution in [0.25, 0.3) is 11.4 Å². The van der Waals surface area contributed by atoms with Gasteiger partial charge >= 0.3 is 6.01 Å². The minimum Gasteiger partial charge on any atom is -0.341 e. The molecule has 1 aromatic carbocycles. The SMILES string of the molecule is CCCN1CCCN(c2nc(-c3cccc(Cl)c3)no2)CC1=O. The topological polar surface area (TPSA) is 62.5 Å². The van der Waals surface area contributed by atoms with E-state index in [0.717, 1.165) is 38.0 Å². The lowest BCUT2D eigenvalue weighted by atomic mass is 10.2. The van der Waals surface area contributed by atoms with E-state index in [0.29, 0.717) is 16.9 Å². The van der Waals surface area contributed by atoms with Crippen LogP contribution < -0.4 is 4.90 Å². The highest BCUT2D eigenvalue weighted by Gasteiger charge is 2.24. The van der Waals surface area contributed by atoms with Crippen molar-refractivity contribution in [3.8, 4) is 11.4 Å². The Balaban J connectivity index is 1.76. The second kappa shape index (κ2) is 7.00. The quantitative estimate of drug-likeness (QED) is 0.860. The molecular weight excluding hydrogens is 316 g/mol. The van der Waals surface area contributed by atoms with Crippen molar-refractivity contribution in [1.82, 2.24) is 15.0 Å². The number of benzene rings is 1. The summed E-state index contributed by atoms with van der Waals surface area (Å²) >= 11 is 5.99. The van der Waals surface area contributed by atoms with Crippen molar-refractivity contribution < 1.29 is 9.32 Å². The first kappa shape index (κ1) is 15.8. The van der Waals surface area contributed by atoms with Crippen molar-refractivity contribution in [1.29, 1.82) is 0 Å². The Morgan fingerprint density at radius 2 is 2.22 bits per heavy atom. The van der Waals surface area contributed by atoms with Gasteiger partial charge in [0.25, 0.3) is 0 Å². The Hall–Kier alpha value is -2.08. The molecule has 0 saturated carbocycles. The Morgan fingerprint density at radius 1 is 1.35 bits per heavy atom.